The standard InChI is InChI=1S/C46H54F2N2O6/c1-33-16-17-34(30-50-23-20-35(31-50)26-36-10-9-11-37-29-49-22-19-39(36)37)27-44(33)54-24-25-55-45(53)15-8-3-2-7-14-40-41(43(52)28-42(40)51)18-21-46(47,48)32-56-38-12-5-4-6-13-38/h2,4-7,9-13,16-19,21-22,27,29,35,40-43,51-52H,3,8,14-15,20,23-26,28,30-32H2,1H3/b7-2-,21-18+/t35-,40+,41+,42-,43+/m0/s1. The molecule has 10 heteroatoms. The minimum atomic E-state index is -3.23. The Bertz CT molecular complexity index is 1920. The Morgan fingerprint density at radius 2 is 1.86 bits per heavy atom. The normalized spacial score (nSPS) is 21.7. The Kier molecular flexibility index (Phi) is 14.6. The van der Waals surface area contributed by atoms with Gasteiger partial charge in [0.2, 0.25) is 0 Å². The number of carbonyl (C=O) groups is 1. The second-order valence-electron chi connectivity index (χ2n) is 15.2. The molecule has 3 aromatic carbocycles. The van der Waals surface area contributed by atoms with E-state index in [4.69, 9.17) is 14.2 Å². The summed E-state index contributed by atoms with van der Waals surface area (Å²) in [5.41, 5.74) is 3.62. The smallest absolute Gasteiger partial charge is 0.305 e. The van der Waals surface area contributed by atoms with E-state index in [2.05, 4.69) is 52.3 Å². The molecular weight excluding hydrogens is 715 g/mol. The van der Waals surface area contributed by atoms with Crippen molar-refractivity contribution >= 4 is 16.7 Å². The molecule has 0 radical (unpaired) electrons. The lowest BCUT2D eigenvalue weighted by atomic mass is 9.89. The predicted octanol–water partition coefficient (Wildman–Crippen LogP) is 8.27. The van der Waals surface area contributed by atoms with Crippen LogP contribution < -0.4 is 9.47 Å². The fourth-order valence-corrected chi connectivity index (χ4v) is 7.88. The lowest BCUT2D eigenvalue weighted by Crippen LogP contribution is -2.25. The van der Waals surface area contributed by atoms with E-state index in [0.29, 0.717) is 30.9 Å². The summed E-state index contributed by atoms with van der Waals surface area (Å²) in [6, 6.07) is 23.3. The van der Waals surface area contributed by atoms with Crippen LogP contribution in [0.25, 0.3) is 10.8 Å². The van der Waals surface area contributed by atoms with Crippen molar-refractivity contribution in [2.24, 2.45) is 17.8 Å². The maximum Gasteiger partial charge on any atom is 0.305 e. The molecule has 56 heavy (non-hydrogen) atoms. The number of carbonyl (C=O) groups excluding carboxylic acids is 1. The number of unbranched alkanes of at least 4 members (excludes halogenated alkanes) is 1. The molecule has 2 aliphatic rings. The number of aromatic nitrogens is 1. The number of para-hydroxylation sites is 1. The zero-order chi connectivity index (χ0) is 39.3. The molecule has 1 saturated carbocycles. The van der Waals surface area contributed by atoms with Gasteiger partial charge in [0.1, 0.15) is 24.7 Å². The number of rotatable bonds is 19. The maximum atomic E-state index is 14.5. The Labute approximate surface area is 328 Å². The van der Waals surface area contributed by atoms with Crippen LogP contribution in [-0.4, -0.2) is 77.1 Å². The van der Waals surface area contributed by atoms with Crippen LogP contribution in [0.2, 0.25) is 0 Å². The van der Waals surface area contributed by atoms with E-state index in [-0.39, 0.29) is 32.0 Å². The third-order valence-electron chi connectivity index (χ3n) is 10.9. The van der Waals surface area contributed by atoms with Crippen molar-refractivity contribution in [3.63, 3.8) is 0 Å². The molecule has 1 aliphatic carbocycles. The summed E-state index contributed by atoms with van der Waals surface area (Å²) >= 11 is 0. The molecule has 298 valence electrons. The fourth-order valence-electron chi connectivity index (χ4n) is 7.88. The summed E-state index contributed by atoms with van der Waals surface area (Å²) in [7, 11) is 0. The highest BCUT2D eigenvalue weighted by Crippen LogP contribution is 2.37. The van der Waals surface area contributed by atoms with Crippen LogP contribution in [0.15, 0.2) is 109 Å². The number of nitrogens with zero attached hydrogens (tertiary/aromatic N) is 2. The molecule has 6 rings (SSSR count). The second-order valence-corrected chi connectivity index (χ2v) is 15.2. The van der Waals surface area contributed by atoms with E-state index in [1.54, 1.807) is 30.3 Å². The van der Waals surface area contributed by atoms with Gasteiger partial charge in [-0.25, -0.2) is 0 Å². The first kappa shape index (κ1) is 41.0. The third kappa shape index (κ3) is 11.9. The minimum Gasteiger partial charge on any atom is -0.490 e. The van der Waals surface area contributed by atoms with Crippen molar-refractivity contribution in [2.45, 2.75) is 76.5 Å². The Balaban J connectivity index is 0.858. The van der Waals surface area contributed by atoms with Gasteiger partial charge in [0, 0.05) is 49.6 Å². The highest BCUT2D eigenvalue weighted by atomic mass is 19.3. The van der Waals surface area contributed by atoms with Crippen molar-refractivity contribution in [1.82, 2.24) is 9.88 Å². The van der Waals surface area contributed by atoms with Crippen molar-refractivity contribution in [2.75, 3.05) is 32.9 Å². The molecule has 0 unspecified atom stereocenters. The summed E-state index contributed by atoms with van der Waals surface area (Å²) in [5, 5.41) is 23.5. The quantitative estimate of drug-likeness (QED) is 0.0559. The topological polar surface area (TPSA) is 101 Å². The number of fused-ring (bicyclic) bond motifs is 1. The van der Waals surface area contributed by atoms with Gasteiger partial charge in [-0.1, -0.05) is 66.8 Å². The Hall–Kier alpha value is -4.64. The lowest BCUT2D eigenvalue weighted by Gasteiger charge is -2.20. The lowest BCUT2D eigenvalue weighted by molar-refractivity contribution is -0.144. The molecule has 1 saturated heterocycles. The number of alkyl halides is 2. The zero-order valence-corrected chi connectivity index (χ0v) is 32.1. The number of ether oxygens (including phenoxy) is 3. The average Bonchev–Trinajstić information content (AvgIpc) is 3.75. The molecule has 4 aromatic rings. The third-order valence-corrected chi connectivity index (χ3v) is 10.9. The molecule has 0 bridgehead atoms. The fraction of sp³-hybridized carbons (Fsp3) is 0.435. The van der Waals surface area contributed by atoms with Crippen molar-refractivity contribution < 1.29 is 38.0 Å². The number of halogens is 2. The van der Waals surface area contributed by atoms with Crippen LogP contribution in [0.1, 0.15) is 55.2 Å². The summed E-state index contributed by atoms with van der Waals surface area (Å²) in [6.07, 6.45) is 12.2. The molecule has 1 aliphatic heterocycles. The number of pyridine rings is 1. The van der Waals surface area contributed by atoms with Gasteiger partial charge in [0.15, 0.2) is 6.61 Å². The van der Waals surface area contributed by atoms with Crippen LogP contribution in [0, 0.1) is 24.7 Å². The number of allylic oxidation sites excluding steroid dienone is 2. The van der Waals surface area contributed by atoms with Crippen molar-refractivity contribution in [1.29, 1.82) is 0 Å². The van der Waals surface area contributed by atoms with Crippen molar-refractivity contribution in [3.8, 4) is 11.5 Å². The van der Waals surface area contributed by atoms with Gasteiger partial charge in [-0.2, -0.15) is 8.78 Å². The first-order valence-corrected chi connectivity index (χ1v) is 19.8. The van der Waals surface area contributed by atoms with E-state index in [1.165, 1.54) is 34.4 Å². The monoisotopic (exact) mass is 768 g/mol. The van der Waals surface area contributed by atoms with E-state index in [9.17, 15) is 23.8 Å². The molecule has 0 amide bonds. The number of benzene rings is 3. The van der Waals surface area contributed by atoms with Crippen LogP contribution in [0.3, 0.4) is 0 Å². The average molecular weight is 769 g/mol. The number of hydrogen-bond acceptors (Lipinski definition) is 8. The SMILES string of the molecule is Cc1ccc(CN2CC[C@@H](Cc3cccc4cnccc34)C2)cc1OCCOC(=O)CCC/C=C\C[C@@H]1[C@@H](/C=C/C(F)(F)COc2ccccc2)[C@H](O)C[C@@H]1O. The number of aryl methyl sites for hydroxylation is 1. The largest absolute Gasteiger partial charge is 0.490 e. The number of likely N-dealkylation sites (tertiary alicyclic amines) is 1. The summed E-state index contributed by atoms with van der Waals surface area (Å²) < 4.78 is 45.7. The molecule has 0 spiro atoms. The molecule has 8 nitrogen and oxygen atoms in total. The van der Waals surface area contributed by atoms with Gasteiger partial charge < -0.3 is 24.4 Å². The Morgan fingerprint density at radius 3 is 2.71 bits per heavy atom. The van der Waals surface area contributed by atoms with Crippen LogP contribution in [-0.2, 0) is 22.5 Å². The molecule has 1 aromatic heterocycles. The van der Waals surface area contributed by atoms with Crippen molar-refractivity contribution in [3.05, 3.63) is 126 Å². The van der Waals surface area contributed by atoms with E-state index in [0.717, 1.165) is 43.4 Å². The van der Waals surface area contributed by atoms with Gasteiger partial charge in [0.25, 0.3) is 5.92 Å². The van der Waals surface area contributed by atoms with E-state index >= 15 is 0 Å². The van der Waals surface area contributed by atoms with Gasteiger partial charge in [0.05, 0.1) is 12.2 Å². The number of esters is 1. The van der Waals surface area contributed by atoms with Crippen LogP contribution >= 0.6 is 0 Å². The molecule has 2 fully saturated rings. The maximum absolute atomic E-state index is 14.5. The Morgan fingerprint density at radius 1 is 1.00 bits per heavy atom. The van der Waals surface area contributed by atoms with Gasteiger partial charge in [-0.05, 0) is 110 Å². The molecular formula is C46H54F2N2O6. The van der Waals surface area contributed by atoms with Gasteiger partial charge in [-0.3, -0.25) is 14.7 Å². The van der Waals surface area contributed by atoms with Crippen LogP contribution in [0.4, 0.5) is 8.78 Å². The summed E-state index contributed by atoms with van der Waals surface area (Å²) in [4.78, 5) is 19.1. The van der Waals surface area contributed by atoms with E-state index in [1.807, 2.05) is 31.5 Å². The summed E-state index contributed by atoms with van der Waals surface area (Å²) in [6.45, 7) is 4.60. The second kappa shape index (κ2) is 20.0. The predicted molar refractivity (Wildman–Crippen MR) is 214 cm³/mol. The highest BCUT2D eigenvalue weighted by Gasteiger charge is 2.40. The number of hydrogen-bond donors (Lipinski definition) is 2. The molecule has 2 heterocycles. The molecule has 2 N–H and O–H groups in total. The first-order valence-electron chi connectivity index (χ1n) is 19.8. The first-order chi connectivity index (χ1) is 27.1. The summed E-state index contributed by atoms with van der Waals surface area (Å²) in [5.74, 6) is -2.77. The van der Waals surface area contributed by atoms with Gasteiger partial charge >= 0.3 is 5.97 Å². The zero-order valence-electron chi connectivity index (χ0n) is 32.1. The van der Waals surface area contributed by atoms with Gasteiger partial charge in [-0.15, -0.1) is 0 Å². The molecule has 5 atom stereocenters. The minimum absolute atomic E-state index is 0.130. The van der Waals surface area contributed by atoms with Crippen LogP contribution in [0.5, 0.6) is 11.5 Å². The van der Waals surface area contributed by atoms with E-state index < -0.39 is 36.6 Å². The number of aliphatic hydroxyl groups excluding tert-OH is 2. The highest BCUT2D eigenvalue weighted by molar-refractivity contribution is 5.84. The number of aliphatic hydroxyl groups is 2.